The summed E-state index contributed by atoms with van der Waals surface area (Å²) in [6.45, 7) is 2.78. The van der Waals surface area contributed by atoms with Crippen molar-refractivity contribution in [3.63, 3.8) is 0 Å². The van der Waals surface area contributed by atoms with Gasteiger partial charge in [-0.2, -0.15) is 0 Å². The van der Waals surface area contributed by atoms with Crippen LogP contribution in [0.25, 0.3) is 0 Å². The minimum absolute atomic E-state index is 0.0514. The van der Waals surface area contributed by atoms with Gasteiger partial charge >= 0.3 is 6.03 Å². The van der Waals surface area contributed by atoms with Gasteiger partial charge in [0.15, 0.2) is 5.78 Å². The van der Waals surface area contributed by atoms with Gasteiger partial charge in [0.25, 0.3) is 5.91 Å². The van der Waals surface area contributed by atoms with E-state index in [-0.39, 0.29) is 28.6 Å². The molecule has 0 aliphatic rings. The van der Waals surface area contributed by atoms with E-state index in [9.17, 15) is 14.4 Å². The van der Waals surface area contributed by atoms with Crippen molar-refractivity contribution in [2.75, 3.05) is 10.6 Å². The Morgan fingerprint density at radius 1 is 1.17 bits per heavy atom. The lowest BCUT2D eigenvalue weighted by atomic mass is 10.1. The topological polar surface area (TPSA) is 114 Å². The summed E-state index contributed by atoms with van der Waals surface area (Å²) in [6.07, 6.45) is 0. The van der Waals surface area contributed by atoms with Gasteiger partial charge in [-0.05, 0) is 32.0 Å². The Morgan fingerprint density at radius 3 is 2.43 bits per heavy atom. The van der Waals surface area contributed by atoms with Crippen LogP contribution in [0.15, 0.2) is 28.7 Å². The van der Waals surface area contributed by atoms with Crippen molar-refractivity contribution in [3.8, 4) is 0 Å². The fourth-order valence-corrected chi connectivity index (χ4v) is 2.31. The van der Waals surface area contributed by atoms with Crippen LogP contribution in [0.1, 0.15) is 33.4 Å². The summed E-state index contributed by atoms with van der Waals surface area (Å²) in [7, 11) is 0. The molecule has 7 nitrogen and oxygen atoms in total. The normalized spacial score (nSPS) is 10.2. The molecule has 1 heterocycles. The number of nitrogens with two attached hydrogens (primary N) is 1. The van der Waals surface area contributed by atoms with Gasteiger partial charge in [-0.3, -0.25) is 14.9 Å². The maximum Gasteiger partial charge on any atom is 0.326 e. The molecule has 0 saturated heterocycles. The second-order valence-electron chi connectivity index (χ2n) is 4.75. The second kappa shape index (κ2) is 6.53. The molecular weight excluding hydrogens is 322 g/mol. The molecule has 0 atom stereocenters. The predicted molar refractivity (Wildman–Crippen MR) is 86.1 cm³/mol. The largest absolute Gasteiger partial charge is 0.444 e. The quantitative estimate of drug-likeness (QED) is 0.744. The molecule has 0 aliphatic heterocycles. The van der Waals surface area contributed by atoms with E-state index in [1.807, 2.05) is 0 Å². The van der Waals surface area contributed by atoms with Crippen molar-refractivity contribution in [2.24, 2.45) is 5.73 Å². The number of anilines is 2. The van der Waals surface area contributed by atoms with Crippen LogP contribution in [0, 0.1) is 6.92 Å². The van der Waals surface area contributed by atoms with Gasteiger partial charge in [-0.25, -0.2) is 4.79 Å². The molecule has 0 bridgehead atoms. The predicted octanol–water partition coefficient (Wildman–Crippen LogP) is 3.19. The Kier molecular flexibility index (Phi) is 4.71. The fraction of sp³-hybridized carbons (Fsp3) is 0.133. The maximum absolute atomic E-state index is 12.0. The Balaban J connectivity index is 2.26. The molecule has 0 saturated carbocycles. The van der Waals surface area contributed by atoms with Crippen LogP contribution < -0.4 is 16.4 Å². The zero-order valence-corrected chi connectivity index (χ0v) is 13.2. The number of ketones is 1. The molecule has 0 unspecified atom stereocenters. The summed E-state index contributed by atoms with van der Waals surface area (Å²) in [6, 6.07) is 5.83. The van der Waals surface area contributed by atoms with E-state index in [0.29, 0.717) is 10.7 Å². The van der Waals surface area contributed by atoms with Crippen LogP contribution >= 0.6 is 11.6 Å². The SMILES string of the molecule is CC(=O)c1c(C)oc(NC(=O)Nc2cccc(Cl)c2)c1C(N)=O. The number of furan rings is 1. The van der Waals surface area contributed by atoms with Gasteiger partial charge in [0.1, 0.15) is 11.3 Å². The number of halogens is 1. The summed E-state index contributed by atoms with van der Waals surface area (Å²) >= 11 is 5.83. The third kappa shape index (κ3) is 3.70. The first-order chi connectivity index (χ1) is 10.8. The van der Waals surface area contributed by atoms with E-state index in [1.54, 1.807) is 24.3 Å². The molecular formula is C15H14ClN3O4. The minimum atomic E-state index is -0.870. The molecule has 0 fully saturated rings. The standard InChI is InChI=1S/C15H14ClN3O4/c1-7(20)11-8(2)23-14(12(11)13(17)21)19-15(22)18-10-5-3-4-9(16)6-10/h3-6H,1-2H3,(H2,17,21)(H2,18,19,22). The number of hydrogen-bond acceptors (Lipinski definition) is 4. The van der Waals surface area contributed by atoms with E-state index in [4.69, 9.17) is 21.8 Å². The number of carbonyl (C=O) groups is 3. The molecule has 0 radical (unpaired) electrons. The molecule has 120 valence electrons. The molecule has 0 spiro atoms. The number of nitrogens with one attached hydrogen (secondary N) is 2. The summed E-state index contributed by atoms with van der Waals surface area (Å²) in [5.74, 6) is -1.24. The van der Waals surface area contributed by atoms with Crippen molar-refractivity contribution in [1.82, 2.24) is 0 Å². The lowest BCUT2D eigenvalue weighted by molar-refractivity contribution is 0.0974. The van der Waals surface area contributed by atoms with Crippen LogP contribution in [0.2, 0.25) is 5.02 Å². The number of carbonyl (C=O) groups excluding carboxylic acids is 3. The summed E-state index contributed by atoms with van der Waals surface area (Å²) in [4.78, 5) is 35.2. The molecule has 0 aliphatic carbocycles. The van der Waals surface area contributed by atoms with Crippen molar-refractivity contribution in [1.29, 1.82) is 0 Å². The first-order valence-corrected chi connectivity index (χ1v) is 6.95. The Hall–Kier alpha value is -2.80. The fourth-order valence-electron chi connectivity index (χ4n) is 2.12. The first-order valence-electron chi connectivity index (χ1n) is 6.57. The first kappa shape index (κ1) is 16.6. The number of Topliss-reactive ketones (excluding diaryl/α,β-unsaturated/α-hetero) is 1. The highest BCUT2D eigenvalue weighted by atomic mass is 35.5. The maximum atomic E-state index is 12.0. The van der Waals surface area contributed by atoms with Gasteiger partial charge < -0.3 is 15.5 Å². The average molecular weight is 336 g/mol. The Morgan fingerprint density at radius 2 is 1.87 bits per heavy atom. The summed E-state index contributed by atoms with van der Waals surface area (Å²) in [5, 5.41) is 5.34. The van der Waals surface area contributed by atoms with E-state index in [1.165, 1.54) is 13.8 Å². The zero-order valence-electron chi connectivity index (χ0n) is 12.4. The number of aryl methyl sites for hydroxylation is 1. The molecule has 1 aromatic carbocycles. The van der Waals surface area contributed by atoms with Crippen molar-refractivity contribution in [3.05, 3.63) is 46.2 Å². The monoisotopic (exact) mass is 335 g/mol. The van der Waals surface area contributed by atoms with E-state index in [0.717, 1.165) is 0 Å². The van der Waals surface area contributed by atoms with Gasteiger partial charge in [0, 0.05) is 10.7 Å². The average Bonchev–Trinajstić information content (AvgIpc) is 2.75. The third-order valence-corrected chi connectivity index (χ3v) is 3.23. The number of amides is 3. The Bertz CT molecular complexity index is 798. The number of rotatable bonds is 4. The molecule has 2 rings (SSSR count). The van der Waals surface area contributed by atoms with Gasteiger partial charge in [0.05, 0.1) is 5.56 Å². The number of hydrogen-bond donors (Lipinski definition) is 3. The highest BCUT2D eigenvalue weighted by molar-refractivity contribution is 6.30. The molecule has 8 heteroatoms. The lowest BCUT2D eigenvalue weighted by Crippen LogP contribution is -2.22. The van der Waals surface area contributed by atoms with Crippen molar-refractivity contribution >= 4 is 40.9 Å². The van der Waals surface area contributed by atoms with E-state index in [2.05, 4.69) is 10.6 Å². The molecule has 4 N–H and O–H groups in total. The number of benzene rings is 1. The highest BCUT2D eigenvalue weighted by Crippen LogP contribution is 2.27. The van der Waals surface area contributed by atoms with Gasteiger partial charge in [-0.1, -0.05) is 17.7 Å². The van der Waals surface area contributed by atoms with Gasteiger partial charge in [0.2, 0.25) is 5.88 Å². The number of urea groups is 1. The van der Waals surface area contributed by atoms with Crippen LogP contribution in [0.4, 0.5) is 16.4 Å². The number of primary amides is 1. The summed E-state index contributed by atoms with van der Waals surface area (Å²) < 4.78 is 5.28. The van der Waals surface area contributed by atoms with Crippen LogP contribution in [0.3, 0.4) is 0 Å². The van der Waals surface area contributed by atoms with E-state index < -0.39 is 11.9 Å². The van der Waals surface area contributed by atoms with Crippen molar-refractivity contribution < 1.29 is 18.8 Å². The molecule has 2 aromatic rings. The summed E-state index contributed by atoms with van der Waals surface area (Å²) in [5.41, 5.74) is 5.62. The minimum Gasteiger partial charge on any atom is -0.444 e. The van der Waals surface area contributed by atoms with Crippen molar-refractivity contribution in [2.45, 2.75) is 13.8 Å². The van der Waals surface area contributed by atoms with Gasteiger partial charge in [-0.15, -0.1) is 0 Å². The smallest absolute Gasteiger partial charge is 0.326 e. The highest BCUT2D eigenvalue weighted by Gasteiger charge is 2.26. The van der Waals surface area contributed by atoms with Crippen LogP contribution in [-0.2, 0) is 0 Å². The van der Waals surface area contributed by atoms with E-state index >= 15 is 0 Å². The molecule has 1 aromatic heterocycles. The van der Waals surface area contributed by atoms with Crippen LogP contribution in [-0.4, -0.2) is 17.7 Å². The lowest BCUT2D eigenvalue weighted by Gasteiger charge is -2.07. The third-order valence-electron chi connectivity index (χ3n) is 2.99. The molecule has 23 heavy (non-hydrogen) atoms. The molecule has 3 amide bonds. The Labute approximate surface area is 136 Å². The second-order valence-corrected chi connectivity index (χ2v) is 5.18. The zero-order chi connectivity index (χ0) is 17.1. The van der Waals surface area contributed by atoms with Crippen LogP contribution in [0.5, 0.6) is 0 Å².